The van der Waals surface area contributed by atoms with Crippen LogP contribution in [-0.2, 0) is 32.7 Å². The lowest BCUT2D eigenvalue weighted by atomic mass is 10.0. The number of phosphoric ester groups is 1. The highest BCUT2D eigenvalue weighted by Gasteiger charge is 2.26. The highest BCUT2D eigenvalue weighted by Crippen LogP contribution is 2.43. The van der Waals surface area contributed by atoms with Gasteiger partial charge < -0.3 is 20.1 Å². The average molecular weight is 952 g/mol. The first kappa shape index (κ1) is 63.4. The maximum absolute atomic E-state index is 12.7. The summed E-state index contributed by atoms with van der Waals surface area (Å²) in [5.74, 6) is -0.878. The van der Waals surface area contributed by atoms with E-state index in [9.17, 15) is 19.0 Å². The zero-order chi connectivity index (χ0) is 48.8. The largest absolute Gasteiger partial charge is 0.472 e. The lowest BCUT2D eigenvalue weighted by Crippen LogP contribution is -2.29. The normalized spacial score (nSPS) is 14.1. The Hall–Kier alpha value is -3.59. The quantitative estimate of drug-likeness (QED) is 0.0265. The number of nitrogens with two attached hydrogens (primary N) is 1. The summed E-state index contributed by atoms with van der Waals surface area (Å²) in [4.78, 5) is 35.1. The van der Waals surface area contributed by atoms with Crippen LogP contribution >= 0.6 is 7.82 Å². The first-order valence-corrected chi connectivity index (χ1v) is 27.5. The molecule has 10 heteroatoms. The lowest BCUT2D eigenvalue weighted by Gasteiger charge is -2.19. The Morgan fingerprint density at radius 2 is 0.776 bits per heavy atom. The van der Waals surface area contributed by atoms with Crippen molar-refractivity contribution in [2.24, 2.45) is 5.73 Å². The van der Waals surface area contributed by atoms with Crippen molar-refractivity contribution in [1.82, 2.24) is 0 Å². The number of allylic oxidation sites excluding steroid dienone is 20. The van der Waals surface area contributed by atoms with Crippen molar-refractivity contribution in [1.29, 1.82) is 0 Å². The number of ether oxygens (including phenoxy) is 2. The van der Waals surface area contributed by atoms with Gasteiger partial charge in [0.1, 0.15) is 6.61 Å². The minimum atomic E-state index is -4.40. The van der Waals surface area contributed by atoms with E-state index in [1.165, 1.54) is 44.9 Å². The highest BCUT2D eigenvalue weighted by atomic mass is 31.2. The molecule has 0 saturated heterocycles. The minimum Gasteiger partial charge on any atom is -0.462 e. The van der Waals surface area contributed by atoms with Gasteiger partial charge in [0.2, 0.25) is 0 Å². The van der Waals surface area contributed by atoms with E-state index in [1.807, 2.05) is 0 Å². The molecule has 0 spiro atoms. The van der Waals surface area contributed by atoms with Gasteiger partial charge >= 0.3 is 19.8 Å². The summed E-state index contributed by atoms with van der Waals surface area (Å²) < 4.78 is 32.9. The van der Waals surface area contributed by atoms with Crippen molar-refractivity contribution in [3.05, 3.63) is 122 Å². The monoisotopic (exact) mass is 952 g/mol. The summed E-state index contributed by atoms with van der Waals surface area (Å²) in [7, 11) is -4.40. The van der Waals surface area contributed by atoms with Crippen molar-refractivity contribution in [3.8, 4) is 0 Å². The van der Waals surface area contributed by atoms with E-state index < -0.39 is 32.5 Å². The third-order valence-corrected chi connectivity index (χ3v) is 11.3. The van der Waals surface area contributed by atoms with Crippen LogP contribution in [0.4, 0.5) is 0 Å². The maximum atomic E-state index is 12.7. The predicted molar refractivity (Wildman–Crippen MR) is 284 cm³/mol. The van der Waals surface area contributed by atoms with Crippen LogP contribution in [0.5, 0.6) is 0 Å². The van der Waals surface area contributed by atoms with Crippen molar-refractivity contribution in [2.45, 2.75) is 200 Å². The number of hydrogen-bond acceptors (Lipinski definition) is 8. The lowest BCUT2D eigenvalue weighted by molar-refractivity contribution is -0.161. The van der Waals surface area contributed by atoms with Gasteiger partial charge in [-0.3, -0.25) is 18.6 Å². The standard InChI is InChI=1S/C57H94NO8P/c1-3-5-7-9-11-13-15-17-19-21-23-24-25-26-27-28-29-30-32-34-36-38-40-42-44-46-48-50-57(60)66-55(54-65-67(61,62)64-52-51-58)53-63-56(59)49-47-45-43-41-39-37-35-33-31-22-20-18-16-14-12-10-8-6-4-2/h5-8,11-14,17-20,23-24,26-27,31,33,37,39,55H,3-4,9-10,15-16,21-22,25,28-30,32,34-36,38,40-54,58H2,1-2H3,(H,61,62)/b7-5-,8-6-,13-11-,14-12-,19-17-,20-18-,24-23-,27-26-,33-31-,39-37-. The molecule has 0 aliphatic carbocycles. The van der Waals surface area contributed by atoms with Gasteiger partial charge in [0.05, 0.1) is 13.2 Å². The second-order valence-electron chi connectivity index (χ2n) is 16.6. The van der Waals surface area contributed by atoms with Gasteiger partial charge in [-0.1, -0.05) is 200 Å². The molecule has 0 rings (SSSR count). The molecule has 0 aromatic heterocycles. The molecule has 0 aliphatic heterocycles. The number of carbonyl (C=O) groups is 2. The molecule has 0 fully saturated rings. The van der Waals surface area contributed by atoms with E-state index >= 15 is 0 Å². The summed E-state index contributed by atoms with van der Waals surface area (Å²) >= 11 is 0. The molecule has 9 nitrogen and oxygen atoms in total. The molecule has 0 radical (unpaired) electrons. The SMILES string of the molecule is CC/C=C\C/C=C\C/C=C\C/C=C\C/C=C\CCCCCCCCCCCCCC(=O)OC(COC(=O)CCCCC/C=C\C/C=C\C/C=C\C/C=C\C/C=C\CC)COP(=O)(O)OCCN. The van der Waals surface area contributed by atoms with Crippen LogP contribution in [0.15, 0.2) is 122 Å². The molecule has 0 heterocycles. The van der Waals surface area contributed by atoms with Crippen molar-refractivity contribution >= 4 is 19.8 Å². The highest BCUT2D eigenvalue weighted by molar-refractivity contribution is 7.47. The summed E-state index contributed by atoms with van der Waals surface area (Å²) in [5.41, 5.74) is 5.37. The van der Waals surface area contributed by atoms with Gasteiger partial charge in [-0.15, -0.1) is 0 Å². The maximum Gasteiger partial charge on any atom is 0.472 e. The smallest absolute Gasteiger partial charge is 0.462 e. The molecule has 0 saturated carbocycles. The van der Waals surface area contributed by atoms with Crippen molar-refractivity contribution < 1.29 is 37.6 Å². The first-order valence-electron chi connectivity index (χ1n) is 26.0. The topological polar surface area (TPSA) is 134 Å². The number of phosphoric acid groups is 1. The predicted octanol–water partition coefficient (Wildman–Crippen LogP) is 16.1. The van der Waals surface area contributed by atoms with Crippen LogP contribution in [-0.4, -0.2) is 49.3 Å². The van der Waals surface area contributed by atoms with Gasteiger partial charge in [0.15, 0.2) is 6.10 Å². The Bertz CT molecular complexity index is 1500. The third-order valence-electron chi connectivity index (χ3n) is 10.3. The van der Waals surface area contributed by atoms with E-state index in [0.717, 1.165) is 109 Å². The Morgan fingerprint density at radius 3 is 1.16 bits per heavy atom. The van der Waals surface area contributed by atoms with Crippen LogP contribution in [0.25, 0.3) is 0 Å². The van der Waals surface area contributed by atoms with Gasteiger partial charge in [-0.2, -0.15) is 0 Å². The summed E-state index contributed by atoms with van der Waals surface area (Å²) in [5, 5.41) is 0. The van der Waals surface area contributed by atoms with Crippen molar-refractivity contribution in [3.63, 3.8) is 0 Å². The summed E-state index contributed by atoms with van der Waals surface area (Å²) in [6, 6.07) is 0. The van der Waals surface area contributed by atoms with Gasteiger partial charge in [-0.05, 0) is 103 Å². The van der Waals surface area contributed by atoms with Gasteiger partial charge in [0.25, 0.3) is 0 Å². The molecule has 0 bridgehead atoms. The van der Waals surface area contributed by atoms with E-state index in [0.29, 0.717) is 12.8 Å². The first-order chi connectivity index (χ1) is 32.8. The van der Waals surface area contributed by atoms with Crippen LogP contribution in [0, 0.1) is 0 Å². The fourth-order valence-electron chi connectivity index (χ4n) is 6.57. The van der Waals surface area contributed by atoms with Gasteiger partial charge in [-0.25, -0.2) is 4.57 Å². The summed E-state index contributed by atoms with van der Waals surface area (Å²) in [6.07, 6.45) is 70.9. The number of rotatable bonds is 47. The molecule has 67 heavy (non-hydrogen) atoms. The Labute approximate surface area is 409 Å². The number of esters is 2. The molecule has 2 atom stereocenters. The van der Waals surface area contributed by atoms with Crippen LogP contribution in [0.1, 0.15) is 194 Å². The Kier molecular flexibility index (Phi) is 49.0. The molecule has 2 unspecified atom stereocenters. The summed E-state index contributed by atoms with van der Waals surface area (Å²) in [6.45, 7) is 3.45. The number of hydrogen-bond donors (Lipinski definition) is 2. The van der Waals surface area contributed by atoms with Crippen molar-refractivity contribution in [2.75, 3.05) is 26.4 Å². The van der Waals surface area contributed by atoms with E-state index in [4.69, 9.17) is 24.3 Å². The Morgan fingerprint density at radius 1 is 0.448 bits per heavy atom. The molecule has 0 aromatic rings. The fraction of sp³-hybridized carbons (Fsp3) is 0.614. The second kappa shape index (κ2) is 51.8. The number of carbonyl (C=O) groups excluding carboxylic acids is 2. The second-order valence-corrected chi connectivity index (χ2v) is 18.1. The molecule has 0 amide bonds. The third kappa shape index (κ3) is 51.6. The molecular formula is C57H94NO8P. The van der Waals surface area contributed by atoms with E-state index in [1.54, 1.807) is 0 Å². The average Bonchev–Trinajstić information content (AvgIpc) is 3.32. The van der Waals surface area contributed by atoms with E-state index in [2.05, 4.69) is 135 Å². The molecule has 0 aromatic carbocycles. The Balaban J connectivity index is 4.11. The minimum absolute atomic E-state index is 0.0414. The van der Waals surface area contributed by atoms with Gasteiger partial charge in [0, 0.05) is 19.4 Å². The molecule has 380 valence electrons. The number of unbranched alkanes of at least 4 members (excludes halogenated alkanes) is 14. The zero-order valence-electron chi connectivity index (χ0n) is 42.1. The van der Waals surface area contributed by atoms with E-state index in [-0.39, 0.29) is 32.6 Å². The molecular weight excluding hydrogens is 858 g/mol. The molecule has 0 aliphatic rings. The van der Waals surface area contributed by atoms with Crippen LogP contribution in [0.2, 0.25) is 0 Å². The van der Waals surface area contributed by atoms with Crippen LogP contribution < -0.4 is 5.73 Å². The fourth-order valence-corrected chi connectivity index (χ4v) is 7.34. The molecule has 3 N–H and O–H groups in total. The zero-order valence-corrected chi connectivity index (χ0v) is 43.0. The van der Waals surface area contributed by atoms with Crippen LogP contribution in [0.3, 0.4) is 0 Å².